The van der Waals surface area contributed by atoms with Crippen molar-refractivity contribution in [1.29, 1.82) is 0 Å². The minimum Gasteiger partial charge on any atom is -0.372 e. The topological polar surface area (TPSA) is 23.6 Å². The first kappa shape index (κ1) is 17.1. The number of para-hydroxylation sites is 1. The van der Waals surface area contributed by atoms with Gasteiger partial charge in [-0.15, -0.1) is 0 Å². The van der Waals surface area contributed by atoms with Crippen LogP contribution in [-0.4, -0.2) is 38.0 Å². The fourth-order valence-corrected chi connectivity index (χ4v) is 2.94. The average Bonchev–Trinajstić information content (AvgIpc) is 2.58. The summed E-state index contributed by atoms with van der Waals surface area (Å²) in [6.07, 6.45) is 0. The SMILES string of the molecule is CCN(CC)c1ccccc1C(C(=O)N(C)C)c1ccccc1. The second-order valence-corrected chi connectivity index (χ2v) is 5.81. The van der Waals surface area contributed by atoms with Crippen molar-refractivity contribution in [2.75, 3.05) is 32.1 Å². The summed E-state index contributed by atoms with van der Waals surface area (Å²) < 4.78 is 0. The molecule has 2 rings (SSSR count). The van der Waals surface area contributed by atoms with Gasteiger partial charge in [0.05, 0.1) is 5.92 Å². The van der Waals surface area contributed by atoms with Crippen molar-refractivity contribution in [3.05, 3.63) is 65.7 Å². The fraction of sp³-hybridized carbons (Fsp3) is 0.350. The first-order chi connectivity index (χ1) is 11.1. The molecule has 1 atom stereocenters. The van der Waals surface area contributed by atoms with E-state index in [9.17, 15) is 4.79 Å². The fourth-order valence-electron chi connectivity index (χ4n) is 2.94. The quantitative estimate of drug-likeness (QED) is 0.811. The van der Waals surface area contributed by atoms with Crippen molar-refractivity contribution in [2.45, 2.75) is 19.8 Å². The zero-order chi connectivity index (χ0) is 16.8. The zero-order valence-corrected chi connectivity index (χ0v) is 14.5. The normalized spacial score (nSPS) is 11.8. The van der Waals surface area contributed by atoms with Gasteiger partial charge in [0.1, 0.15) is 0 Å². The summed E-state index contributed by atoms with van der Waals surface area (Å²) in [5.74, 6) is -0.168. The second-order valence-electron chi connectivity index (χ2n) is 5.81. The highest BCUT2D eigenvalue weighted by Crippen LogP contribution is 2.33. The maximum absolute atomic E-state index is 12.9. The van der Waals surface area contributed by atoms with E-state index in [0.29, 0.717) is 0 Å². The maximum atomic E-state index is 12.9. The van der Waals surface area contributed by atoms with Gasteiger partial charge in [0.2, 0.25) is 5.91 Å². The lowest BCUT2D eigenvalue weighted by atomic mass is 9.88. The van der Waals surface area contributed by atoms with Crippen LogP contribution in [0.25, 0.3) is 0 Å². The Morgan fingerprint density at radius 3 is 2.04 bits per heavy atom. The molecule has 2 aromatic rings. The molecule has 0 aliphatic rings. The highest BCUT2D eigenvalue weighted by Gasteiger charge is 2.27. The number of anilines is 1. The van der Waals surface area contributed by atoms with E-state index in [-0.39, 0.29) is 11.8 Å². The number of hydrogen-bond acceptors (Lipinski definition) is 2. The molecule has 0 spiro atoms. The van der Waals surface area contributed by atoms with E-state index >= 15 is 0 Å². The second kappa shape index (κ2) is 7.82. The molecule has 1 unspecified atom stereocenters. The van der Waals surface area contributed by atoms with Crippen molar-refractivity contribution in [3.8, 4) is 0 Å². The third-order valence-electron chi connectivity index (χ3n) is 4.17. The van der Waals surface area contributed by atoms with Crippen molar-refractivity contribution in [1.82, 2.24) is 4.90 Å². The molecular formula is C20H26N2O. The Morgan fingerprint density at radius 2 is 1.48 bits per heavy atom. The third kappa shape index (κ3) is 3.73. The van der Waals surface area contributed by atoms with Gasteiger partial charge in [-0.05, 0) is 31.0 Å². The molecule has 0 saturated carbocycles. The van der Waals surface area contributed by atoms with Crippen LogP contribution < -0.4 is 4.90 Å². The van der Waals surface area contributed by atoms with Crippen LogP contribution in [-0.2, 0) is 4.79 Å². The van der Waals surface area contributed by atoms with E-state index in [0.717, 1.165) is 29.9 Å². The number of rotatable bonds is 6. The van der Waals surface area contributed by atoms with Crippen LogP contribution >= 0.6 is 0 Å². The van der Waals surface area contributed by atoms with Gasteiger partial charge in [0.25, 0.3) is 0 Å². The van der Waals surface area contributed by atoms with Crippen LogP contribution in [0.15, 0.2) is 54.6 Å². The Labute approximate surface area is 139 Å². The van der Waals surface area contributed by atoms with Crippen molar-refractivity contribution in [2.24, 2.45) is 0 Å². The predicted molar refractivity (Wildman–Crippen MR) is 97.0 cm³/mol. The van der Waals surface area contributed by atoms with Crippen LogP contribution in [0, 0.1) is 0 Å². The lowest BCUT2D eigenvalue weighted by molar-refractivity contribution is -0.129. The van der Waals surface area contributed by atoms with Gasteiger partial charge in [0.15, 0.2) is 0 Å². The first-order valence-electron chi connectivity index (χ1n) is 8.20. The van der Waals surface area contributed by atoms with Crippen molar-refractivity contribution in [3.63, 3.8) is 0 Å². The van der Waals surface area contributed by atoms with Crippen LogP contribution in [0.4, 0.5) is 5.69 Å². The molecule has 0 aliphatic carbocycles. The average molecular weight is 310 g/mol. The third-order valence-corrected chi connectivity index (χ3v) is 4.17. The number of benzene rings is 2. The predicted octanol–water partition coefficient (Wildman–Crippen LogP) is 3.75. The smallest absolute Gasteiger partial charge is 0.234 e. The molecule has 0 fully saturated rings. The number of carbonyl (C=O) groups excluding carboxylic acids is 1. The standard InChI is InChI=1S/C20H26N2O/c1-5-22(6-2)18-15-11-10-14-17(18)19(20(23)21(3)4)16-12-8-7-9-13-16/h7-15,19H,5-6H2,1-4H3. The van der Waals surface area contributed by atoms with E-state index in [2.05, 4.69) is 30.9 Å². The molecule has 0 radical (unpaired) electrons. The van der Waals surface area contributed by atoms with Gasteiger partial charge < -0.3 is 9.80 Å². The van der Waals surface area contributed by atoms with Gasteiger partial charge >= 0.3 is 0 Å². The van der Waals surface area contributed by atoms with Gasteiger partial charge in [-0.2, -0.15) is 0 Å². The Kier molecular flexibility index (Phi) is 5.80. The molecule has 3 nitrogen and oxygen atoms in total. The summed E-state index contributed by atoms with van der Waals surface area (Å²) in [4.78, 5) is 16.9. The van der Waals surface area contributed by atoms with E-state index < -0.39 is 0 Å². The summed E-state index contributed by atoms with van der Waals surface area (Å²) in [7, 11) is 3.64. The number of carbonyl (C=O) groups is 1. The van der Waals surface area contributed by atoms with E-state index in [4.69, 9.17) is 0 Å². The molecule has 0 heterocycles. The van der Waals surface area contributed by atoms with Crippen molar-refractivity contribution >= 4 is 11.6 Å². The molecule has 23 heavy (non-hydrogen) atoms. The number of amides is 1. The largest absolute Gasteiger partial charge is 0.372 e. The lowest BCUT2D eigenvalue weighted by Gasteiger charge is -2.29. The Morgan fingerprint density at radius 1 is 0.913 bits per heavy atom. The van der Waals surface area contributed by atoms with Gasteiger partial charge in [-0.3, -0.25) is 4.79 Å². The molecule has 0 bridgehead atoms. The van der Waals surface area contributed by atoms with E-state index in [1.807, 2.05) is 56.6 Å². The van der Waals surface area contributed by atoms with Gasteiger partial charge in [0, 0.05) is 32.9 Å². The molecule has 2 aromatic carbocycles. The number of hydrogen-bond donors (Lipinski definition) is 0. The van der Waals surface area contributed by atoms with Crippen LogP contribution in [0.3, 0.4) is 0 Å². The monoisotopic (exact) mass is 310 g/mol. The summed E-state index contributed by atoms with van der Waals surface area (Å²) in [6, 6.07) is 18.3. The summed E-state index contributed by atoms with van der Waals surface area (Å²) in [5, 5.41) is 0. The Balaban J connectivity index is 2.59. The molecule has 0 saturated heterocycles. The first-order valence-corrected chi connectivity index (χ1v) is 8.20. The van der Waals surface area contributed by atoms with E-state index in [1.54, 1.807) is 4.90 Å². The molecule has 0 N–H and O–H groups in total. The molecule has 122 valence electrons. The maximum Gasteiger partial charge on any atom is 0.234 e. The Hall–Kier alpha value is -2.29. The lowest BCUT2D eigenvalue weighted by Crippen LogP contribution is -2.31. The van der Waals surface area contributed by atoms with Crippen LogP contribution in [0.5, 0.6) is 0 Å². The van der Waals surface area contributed by atoms with Crippen LogP contribution in [0.2, 0.25) is 0 Å². The zero-order valence-electron chi connectivity index (χ0n) is 14.5. The summed E-state index contributed by atoms with van der Waals surface area (Å²) >= 11 is 0. The summed E-state index contributed by atoms with van der Waals surface area (Å²) in [5.41, 5.74) is 3.24. The number of likely N-dealkylation sites (N-methyl/N-ethyl adjacent to an activating group) is 1. The van der Waals surface area contributed by atoms with Crippen molar-refractivity contribution < 1.29 is 4.79 Å². The summed E-state index contributed by atoms with van der Waals surface area (Å²) in [6.45, 7) is 6.13. The molecule has 0 aromatic heterocycles. The highest BCUT2D eigenvalue weighted by atomic mass is 16.2. The van der Waals surface area contributed by atoms with Gasteiger partial charge in [-0.25, -0.2) is 0 Å². The molecular weight excluding hydrogens is 284 g/mol. The Bertz CT molecular complexity index is 633. The van der Waals surface area contributed by atoms with Gasteiger partial charge in [-0.1, -0.05) is 48.5 Å². The minimum absolute atomic E-state index is 0.107. The number of nitrogens with zero attached hydrogens (tertiary/aromatic N) is 2. The van der Waals surface area contributed by atoms with E-state index in [1.165, 1.54) is 0 Å². The van der Waals surface area contributed by atoms with Crippen LogP contribution in [0.1, 0.15) is 30.9 Å². The molecule has 1 amide bonds. The molecule has 0 aliphatic heterocycles. The minimum atomic E-state index is -0.275. The molecule has 3 heteroatoms. The highest BCUT2D eigenvalue weighted by molar-refractivity contribution is 5.88.